The highest BCUT2D eigenvalue weighted by atomic mass is 15.0. The molecule has 2 aromatic heterocycles. The van der Waals surface area contributed by atoms with E-state index < -0.39 is 0 Å². The first-order chi connectivity index (χ1) is 33.8. The number of rotatable bonds is 6. The SMILES string of the molecule is c1ccc(-c2c(-c3ccccc3)c(-c3ccccc3)c3c4ccc(-n5c6ccccc6c6ccccc65)cc4c4cc(-n5c6ccccc6c6ccccc65)ccc4c3c2-c2ccccc2)cc1. The van der Waals surface area contributed by atoms with Gasteiger partial charge in [0.2, 0.25) is 0 Å². The Hall–Kier alpha value is -8.98. The van der Waals surface area contributed by atoms with Crippen LogP contribution in [0.25, 0.3) is 132 Å². The third-order valence-corrected chi connectivity index (χ3v) is 14.3. The molecule has 14 aromatic rings. The summed E-state index contributed by atoms with van der Waals surface area (Å²) >= 11 is 0. The standard InChI is InChI=1S/C66H42N2/c1-5-21-43(22-6-1)61-62(44-23-7-2-8-24-44)64(46-27-11-4-12-28-46)66-54-40-38-48(68-59-35-19-15-31-51(59)52-32-16-20-36-60(52)68)42-56(54)55-41-47(37-39-53(55)65(66)63(61)45-25-9-3-10-26-45)67-57-33-17-13-29-49(57)50-30-14-18-34-58(50)67/h1-42H. The highest BCUT2D eigenvalue weighted by Crippen LogP contribution is 2.55. The van der Waals surface area contributed by atoms with E-state index in [4.69, 9.17) is 0 Å². The maximum atomic E-state index is 2.47. The molecular formula is C66H42N2. The van der Waals surface area contributed by atoms with Crippen molar-refractivity contribution in [2.24, 2.45) is 0 Å². The zero-order valence-corrected chi connectivity index (χ0v) is 37.1. The second kappa shape index (κ2) is 15.3. The average molecular weight is 863 g/mol. The van der Waals surface area contributed by atoms with Gasteiger partial charge in [-0.2, -0.15) is 0 Å². The Morgan fingerprint density at radius 3 is 0.765 bits per heavy atom. The maximum absolute atomic E-state index is 2.47. The predicted molar refractivity (Wildman–Crippen MR) is 289 cm³/mol. The minimum absolute atomic E-state index is 1.13. The lowest BCUT2D eigenvalue weighted by Gasteiger charge is -2.27. The van der Waals surface area contributed by atoms with Gasteiger partial charge in [0.05, 0.1) is 22.1 Å². The van der Waals surface area contributed by atoms with Crippen molar-refractivity contribution in [2.75, 3.05) is 0 Å². The van der Waals surface area contributed by atoms with Gasteiger partial charge >= 0.3 is 0 Å². The van der Waals surface area contributed by atoms with Gasteiger partial charge in [0, 0.05) is 32.9 Å². The molecule has 2 heteroatoms. The van der Waals surface area contributed by atoms with Gasteiger partial charge in [-0.15, -0.1) is 0 Å². The van der Waals surface area contributed by atoms with E-state index in [-0.39, 0.29) is 0 Å². The zero-order valence-electron chi connectivity index (χ0n) is 37.1. The predicted octanol–water partition coefficient (Wildman–Crippen LogP) is 18.0. The van der Waals surface area contributed by atoms with Crippen LogP contribution < -0.4 is 0 Å². The first kappa shape index (κ1) is 38.3. The molecule has 0 aliphatic carbocycles. The van der Waals surface area contributed by atoms with Crippen LogP contribution in [0.4, 0.5) is 0 Å². The van der Waals surface area contributed by atoms with Crippen LogP contribution in [0, 0.1) is 0 Å². The number of benzene rings is 12. The number of para-hydroxylation sites is 4. The van der Waals surface area contributed by atoms with Gasteiger partial charge in [0.1, 0.15) is 0 Å². The Bertz CT molecular complexity index is 3890. The van der Waals surface area contributed by atoms with E-state index in [1.165, 1.54) is 120 Å². The topological polar surface area (TPSA) is 9.86 Å². The molecule has 68 heavy (non-hydrogen) atoms. The van der Waals surface area contributed by atoms with Crippen molar-refractivity contribution >= 4 is 75.9 Å². The van der Waals surface area contributed by atoms with Crippen LogP contribution in [-0.4, -0.2) is 9.13 Å². The first-order valence-corrected chi connectivity index (χ1v) is 23.5. The van der Waals surface area contributed by atoms with Gasteiger partial charge in [-0.3, -0.25) is 0 Å². The van der Waals surface area contributed by atoms with Crippen molar-refractivity contribution in [2.45, 2.75) is 0 Å². The van der Waals surface area contributed by atoms with Gasteiger partial charge in [-0.25, -0.2) is 0 Å². The molecule has 0 aliphatic rings. The lowest BCUT2D eigenvalue weighted by atomic mass is 9.76. The number of hydrogen-bond donors (Lipinski definition) is 0. The maximum Gasteiger partial charge on any atom is 0.0541 e. The fourth-order valence-electron chi connectivity index (χ4n) is 11.5. The second-order valence-corrected chi connectivity index (χ2v) is 17.9. The van der Waals surface area contributed by atoms with E-state index in [0.29, 0.717) is 0 Å². The van der Waals surface area contributed by atoms with Crippen LogP contribution in [0.5, 0.6) is 0 Å². The second-order valence-electron chi connectivity index (χ2n) is 17.9. The average Bonchev–Trinajstić information content (AvgIpc) is 3.94. The van der Waals surface area contributed by atoms with E-state index in [2.05, 4.69) is 264 Å². The summed E-state index contributed by atoms with van der Waals surface area (Å²) < 4.78 is 4.91. The summed E-state index contributed by atoms with van der Waals surface area (Å²) in [6.45, 7) is 0. The Kier molecular flexibility index (Phi) is 8.62. The van der Waals surface area contributed by atoms with Crippen molar-refractivity contribution in [3.05, 3.63) is 255 Å². The summed E-state index contributed by atoms with van der Waals surface area (Å²) in [7, 11) is 0. The lowest BCUT2D eigenvalue weighted by molar-refractivity contribution is 1.18. The summed E-state index contributed by atoms with van der Waals surface area (Å²) in [5.41, 5.74) is 16.7. The minimum atomic E-state index is 1.13. The molecule has 2 nitrogen and oxygen atoms in total. The molecule has 0 saturated carbocycles. The molecule has 0 bridgehead atoms. The molecule has 14 rings (SSSR count). The molecule has 316 valence electrons. The van der Waals surface area contributed by atoms with Gasteiger partial charge < -0.3 is 9.13 Å². The number of aromatic nitrogens is 2. The fourth-order valence-corrected chi connectivity index (χ4v) is 11.5. The molecule has 0 spiro atoms. The van der Waals surface area contributed by atoms with Crippen molar-refractivity contribution in [1.82, 2.24) is 9.13 Å². The molecule has 0 fully saturated rings. The van der Waals surface area contributed by atoms with Crippen molar-refractivity contribution < 1.29 is 0 Å². The molecule has 0 aliphatic heterocycles. The summed E-state index contributed by atoms with van der Waals surface area (Å²) in [5.74, 6) is 0. The number of fused-ring (bicyclic) bond motifs is 12. The van der Waals surface area contributed by atoms with Crippen LogP contribution in [0.1, 0.15) is 0 Å². The monoisotopic (exact) mass is 862 g/mol. The highest BCUT2D eigenvalue weighted by molar-refractivity contribution is 6.35. The van der Waals surface area contributed by atoms with E-state index in [1.54, 1.807) is 0 Å². The first-order valence-electron chi connectivity index (χ1n) is 23.5. The normalized spacial score (nSPS) is 11.8. The Morgan fingerprint density at radius 2 is 0.456 bits per heavy atom. The smallest absolute Gasteiger partial charge is 0.0541 e. The van der Waals surface area contributed by atoms with Gasteiger partial charge in [-0.05, 0) is 125 Å². The molecular weight excluding hydrogens is 821 g/mol. The number of hydrogen-bond acceptors (Lipinski definition) is 0. The Labute approximate surface area is 393 Å². The van der Waals surface area contributed by atoms with Crippen LogP contribution in [0.3, 0.4) is 0 Å². The molecule has 0 saturated heterocycles. The summed E-state index contributed by atoms with van der Waals surface area (Å²) in [6, 6.07) is 94.1. The molecule has 0 unspecified atom stereocenters. The van der Waals surface area contributed by atoms with E-state index in [0.717, 1.165) is 11.4 Å². The highest BCUT2D eigenvalue weighted by Gasteiger charge is 2.28. The molecule has 0 N–H and O–H groups in total. The third-order valence-electron chi connectivity index (χ3n) is 14.3. The minimum Gasteiger partial charge on any atom is -0.309 e. The largest absolute Gasteiger partial charge is 0.309 e. The van der Waals surface area contributed by atoms with E-state index >= 15 is 0 Å². The van der Waals surface area contributed by atoms with Gasteiger partial charge in [0.25, 0.3) is 0 Å². The molecule has 0 amide bonds. The van der Waals surface area contributed by atoms with Crippen LogP contribution >= 0.6 is 0 Å². The third kappa shape index (κ3) is 5.71. The van der Waals surface area contributed by atoms with Crippen LogP contribution in [-0.2, 0) is 0 Å². The quantitative estimate of drug-likeness (QED) is 0.147. The van der Waals surface area contributed by atoms with Gasteiger partial charge in [-0.1, -0.05) is 206 Å². The Morgan fingerprint density at radius 1 is 0.191 bits per heavy atom. The van der Waals surface area contributed by atoms with E-state index in [1.807, 2.05) is 0 Å². The van der Waals surface area contributed by atoms with Gasteiger partial charge in [0.15, 0.2) is 0 Å². The summed E-state index contributed by atoms with van der Waals surface area (Å²) in [6.07, 6.45) is 0. The molecule has 0 atom stereocenters. The number of nitrogens with zero attached hydrogens (tertiary/aromatic N) is 2. The summed E-state index contributed by atoms with van der Waals surface area (Å²) in [5, 5.41) is 12.3. The summed E-state index contributed by atoms with van der Waals surface area (Å²) in [4.78, 5) is 0. The van der Waals surface area contributed by atoms with Crippen molar-refractivity contribution in [1.29, 1.82) is 0 Å². The van der Waals surface area contributed by atoms with Crippen molar-refractivity contribution in [3.63, 3.8) is 0 Å². The van der Waals surface area contributed by atoms with Crippen molar-refractivity contribution in [3.8, 4) is 55.9 Å². The molecule has 2 heterocycles. The van der Waals surface area contributed by atoms with E-state index in [9.17, 15) is 0 Å². The Balaban J connectivity index is 1.24. The lowest BCUT2D eigenvalue weighted by Crippen LogP contribution is -2.00. The fraction of sp³-hybridized carbons (Fsp3) is 0. The van der Waals surface area contributed by atoms with Crippen LogP contribution in [0.2, 0.25) is 0 Å². The van der Waals surface area contributed by atoms with Crippen LogP contribution in [0.15, 0.2) is 255 Å². The molecule has 0 radical (unpaired) electrons. The molecule has 12 aromatic carbocycles. The zero-order chi connectivity index (χ0) is 44.7.